The quantitative estimate of drug-likeness (QED) is 0.110. The molecule has 0 radical (unpaired) electrons. The molecule has 0 bridgehead atoms. The summed E-state index contributed by atoms with van der Waals surface area (Å²) in [5.74, 6) is 0. The molecule has 0 aromatic rings. The topological polar surface area (TPSA) is 36.9 Å². The molecule has 31 heavy (non-hydrogen) atoms. The molecule has 0 rings (SSSR count). The molecule has 0 saturated carbocycles. The average Bonchev–Trinajstić information content (AvgIpc) is 2.62. The zero-order valence-electron chi connectivity index (χ0n) is 22.4. The minimum absolute atomic E-state index is 0.0122. The minimum atomic E-state index is -1.99. The summed E-state index contributed by atoms with van der Waals surface area (Å²) >= 11 is 2.28. The molecule has 0 aromatic heterocycles. The molecular formula is C24H51IO4Si2. The highest BCUT2D eigenvalue weighted by atomic mass is 127. The molecule has 186 valence electrons. The smallest absolute Gasteiger partial charge is 0.200 e. The van der Waals surface area contributed by atoms with Crippen LogP contribution in [-0.4, -0.2) is 49.4 Å². The zero-order chi connectivity index (χ0) is 24.5. The first-order valence-corrected chi connectivity index (χ1v) is 18.1. The van der Waals surface area contributed by atoms with Crippen LogP contribution in [-0.2, 0) is 18.3 Å². The molecule has 0 N–H and O–H groups in total. The molecule has 0 aromatic carbocycles. The van der Waals surface area contributed by atoms with Crippen LogP contribution in [0.2, 0.25) is 34.8 Å². The van der Waals surface area contributed by atoms with Gasteiger partial charge in [-0.05, 0) is 51.7 Å². The summed E-state index contributed by atoms with van der Waals surface area (Å²) in [6.45, 7) is 26.3. The van der Waals surface area contributed by atoms with Crippen molar-refractivity contribution in [3.63, 3.8) is 0 Å². The lowest BCUT2D eigenvalue weighted by Crippen LogP contribution is -2.52. The highest BCUT2D eigenvalue weighted by Crippen LogP contribution is 2.43. The van der Waals surface area contributed by atoms with Crippen LogP contribution in [0.4, 0.5) is 0 Å². The van der Waals surface area contributed by atoms with Crippen molar-refractivity contribution in [2.45, 2.75) is 122 Å². The van der Waals surface area contributed by atoms with Crippen LogP contribution < -0.4 is 0 Å². The highest BCUT2D eigenvalue weighted by molar-refractivity contribution is 14.1. The van der Waals surface area contributed by atoms with Gasteiger partial charge in [0.2, 0.25) is 0 Å². The molecule has 0 aliphatic rings. The molecule has 0 aliphatic carbocycles. The van der Waals surface area contributed by atoms with Gasteiger partial charge in [-0.2, -0.15) is 0 Å². The zero-order valence-corrected chi connectivity index (χ0v) is 26.5. The molecule has 0 heterocycles. The molecule has 0 spiro atoms. The fourth-order valence-electron chi connectivity index (χ4n) is 4.34. The first kappa shape index (κ1) is 31.7. The largest absolute Gasteiger partial charge is 0.413 e. The molecule has 2 atom stereocenters. The van der Waals surface area contributed by atoms with Gasteiger partial charge in [-0.25, -0.2) is 0 Å². The number of hydrogen-bond acceptors (Lipinski definition) is 4. The van der Waals surface area contributed by atoms with Gasteiger partial charge >= 0.3 is 0 Å². The Labute approximate surface area is 209 Å². The van der Waals surface area contributed by atoms with Crippen molar-refractivity contribution in [2.75, 3.05) is 20.5 Å². The van der Waals surface area contributed by atoms with E-state index in [1.54, 1.807) is 7.11 Å². The minimum Gasteiger partial charge on any atom is -0.413 e. The van der Waals surface area contributed by atoms with E-state index in [2.05, 4.69) is 108 Å². The van der Waals surface area contributed by atoms with Gasteiger partial charge in [0.25, 0.3) is 0 Å². The Balaban J connectivity index is 5.88. The van der Waals surface area contributed by atoms with E-state index in [-0.39, 0.29) is 24.0 Å². The van der Waals surface area contributed by atoms with Crippen LogP contribution in [0.5, 0.6) is 0 Å². The first-order valence-electron chi connectivity index (χ1n) is 11.8. The Morgan fingerprint density at radius 1 is 0.903 bits per heavy atom. The van der Waals surface area contributed by atoms with Crippen molar-refractivity contribution in [3.05, 3.63) is 10.2 Å². The van der Waals surface area contributed by atoms with E-state index in [9.17, 15) is 0 Å². The van der Waals surface area contributed by atoms with Gasteiger partial charge in [0.15, 0.2) is 16.6 Å². The second-order valence-electron chi connectivity index (χ2n) is 11.1. The van der Waals surface area contributed by atoms with E-state index < -0.39 is 16.6 Å². The van der Waals surface area contributed by atoms with Gasteiger partial charge in [0.1, 0.15) is 12.9 Å². The fraction of sp³-hybridized carbons (Fsp3) is 0.917. The lowest BCUT2D eigenvalue weighted by atomic mass is 10.1. The first-order chi connectivity index (χ1) is 14.2. The van der Waals surface area contributed by atoms with Crippen molar-refractivity contribution in [2.24, 2.45) is 0 Å². The van der Waals surface area contributed by atoms with E-state index in [1.807, 2.05) is 0 Å². The monoisotopic (exact) mass is 586 g/mol. The van der Waals surface area contributed by atoms with Gasteiger partial charge in [-0.3, -0.25) is 0 Å². The van der Waals surface area contributed by atoms with E-state index in [4.69, 9.17) is 18.3 Å². The van der Waals surface area contributed by atoms with Crippen molar-refractivity contribution in [1.29, 1.82) is 0 Å². The Morgan fingerprint density at radius 2 is 1.42 bits per heavy atom. The normalized spacial score (nSPS) is 16.1. The highest BCUT2D eigenvalue weighted by Gasteiger charge is 2.46. The van der Waals surface area contributed by atoms with E-state index in [0.717, 1.165) is 12.8 Å². The number of allylic oxidation sites excluding steroid dienone is 1. The van der Waals surface area contributed by atoms with Crippen LogP contribution in [0.1, 0.15) is 75.2 Å². The molecule has 0 unspecified atom stereocenters. The van der Waals surface area contributed by atoms with Crippen molar-refractivity contribution in [3.8, 4) is 0 Å². The Kier molecular flexibility index (Phi) is 14.6. The maximum absolute atomic E-state index is 6.93. The molecule has 0 saturated heterocycles. The molecule has 0 aliphatic heterocycles. The lowest BCUT2D eigenvalue weighted by molar-refractivity contribution is -0.123. The number of hydrogen-bond donors (Lipinski definition) is 0. The van der Waals surface area contributed by atoms with Crippen LogP contribution in [0.3, 0.4) is 0 Å². The van der Waals surface area contributed by atoms with Gasteiger partial charge in [-0.15, -0.1) is 0 Å². The second kappa shape index (κ2) is 14.2. The third kappa shape index (κ3) is 9.49. The number of rotatable bonds is 15. The Morgan fingerprint density at radius 3 is 1.81 bits per heavy atom. The van der Waals surface area contributed by atoms with E-state index in [0.29, 0.717) is 23.2 Å². The summed E-state index contributed by atoms with van der Waals surface area (Å²) in [5, 5.41) is 0.142. The SMILES string of the molecule is COCO[C@H](CO[Si](C(C)C)(C(C)C)C(C)C)[C@@H](CC/C=C/I)O[Si](C)(C)C(C)(C)C. The maximum atomic E-state index is 6.93. The predicted octanol–water partition coefficient (Wildman–Crippen LogP) is 8.29. The molecule has 0 fully saturated rings. The Bertz CT molecular complexity index is 494. The van der Waals surface area contributed by atoms with Crippen LogP contribution in [0.25, 0.3) is 0 Å². The van der Waals surface area contributed by atoms with Crippen molar-refractivity contribution < 1.29 is 18.3 Å². The van der Waals surface area contributed by atoms with Gasteiger partial charge in [-0.1, -0.05) is 91.0 Å². The van der Waals surface area contributed by atoms with Gasteiger partial charge < -0.3 is 18.3 Å². The van der Waals surface area contributed by atoms with E-state index in [1.165, 1.54) is 0 Å². The van der Waals surface area contributed by atoms with Gasteiger partial charge in [0, 0.05) is 7.11 Å². The number of halogens is 1. The number of methoxy groups -OCH3 is 1. The van der Waals surface area contributed by atoms with Crippen molar-refractivity contribution in [1.82, 2.24) is 0 Å². The molecule has 4 nitrogen and oxygen atoms in total. The summed E-state index contributed by atoms with van der Waals surface area (Å²) in [7, 11) is -2.27. The lowest BCUT2D eigenvalue weighted by Gasteiger charge is -2.45. The predicted molar refractivity (Wildman–Crippen MR) is 148 cm³/mol. The van der Waals surface area contributed by atoms with Crippen LogP contribution in [0, 0.1) is 0 Å². The average molecular weight is 587 g/mol. The third-order valence-electron chi connectivity index (χ3n) is 6.98. The summed E-state index contributed by atoms with van der Waals surface area (Å²) in [5.41, 5.74) is 1.62. The van der Waals surface area contributed by atoms with Crippen LogP contribution in [0.15, 0.2) is 10.2 Å². The third-order valence-corrected chi connectivity index (χ3v) is 18.1. The second-order valence-corrected chi connectivity index (χ2v) is 22.0. The standard InChI is InChI=1S/C24H51IO4Si2/c1-19(2)31(20(3)4,21(5)6)28-17-23(27-18-26-10)22(15-13-14-16-25)29-30(11,12)24(7,8)9/h14,16,19-23H,13,15,17-18H2,1-12H3/b16-14+/t22-,23-/m1/s1. The summed E-state index contributed by atoms with van der Waals surface area (Å²) < 4.78 is 27.4. The van der Waals surface area contributed by atoms with Crippen molar-refractivity contribution >= 4 is 39.2 Å². The van der Waals surface area contributed by atoms with Gasteiger partial charge in [0.05, 0.1) is 12.7 Å². The summed E-state index contributed by atoms with van der Waals surface area (Å²) in [6.07, 6.45) is 3.94. The fourth-order valence-corrected chi connectivity index (χ4v) is 11.5. The Hall–Kier alpha value is 0.744. The summed E-state index contributed by atoms with van der Waals surface area (Å²) in [4.78, 5) is 0. The molecule has 7 heteroatoms. The molecule has 0 amide bonds. The maximum Gasteiger partial charge on any atom is 0.200 e. The number of ether oxygens (including phenoxy) is 2. The molecular weight excluding hydrogens is 535 g/mol. The van der Waals surface area contributed by atoms with E-state index >= 15 is 0 Å². The van der Waals surface area contributed by atoms with Crippen LogP contribution >= 0.6 is 22.6 Å². The summed E-state index contributed by atoms with van der Waals surface area (Å²) in [6, 6.07) is 0.